The van der Waals surface area contributed by atoms with Crippen LogP contribution in [0, 0.1) is 13.8 Å². The molecule has 3 heteroatoms. The number of nitrogens with zero attached hydrogens (tertiary/aromatic N) is 2. The van der Waals surface area contributed by atoms with Crippen LogP contribution in [-0.2, 0) is 0 Å². The predicted molar refractivity (Wildman–Crippen MR) is 67.8 cm³/mol. The summed E-state index contributed by atoms with van der Waals surface area (Å²) in [7, 11) is 0. The van der Waals surface area contributed by atoms with Gasteiger partial charge in [0.1, 0.15) is 11.5 Å². The highest BCUT2D eigenvalue weighted by molar-refractivity contribution is 5.56. The first-order valence-corrected chi connectivity index (χ1v) is 5.79. The van der Waals surface area contributed by atoms with Gasteiger partial charge in [0, 0.05) is 11.6 Å². The molecular weight excluding hydrogens is 198 g/mol. The molecule has 3 nitrogen and oxygen atoms in total. The average Bonchev–Trinajstić information content (AvgIpc) is 2.54. The molecule has 2 aromatic rings. The van der Waals surface area contributed by atoms with E-state index in [1.807, 2.05) is 4.40 Å². The minimum atomic E-state index is 0.416. The van der Waals surface area contributed by atoms with Crippen LogP contribution in [0.4, 0.5) is 5.82 Å². The van der Waals surface area contributed by atoms with Crippen molar-refractivity contribution in [1.82, 2.24) is 9.38 Å². The Hall–Kier alpha value is -1.51. The zero-order valence-electron chi connectivity index (χ0n) is 10.4. The zero-order chi connectivity index (χ0) is 11.9. The van der Waals surface area contributed by atoms with Crippen LogP contribution in [0.3, 0.4) is 0 Å². The van der Waals surface area contributed by atoms with Crippen molar-refractivity contribution >= 4 is 11.5 Å². The van der Waals surface area contributed by atoms with Gasteiger partial charge in [-0.25, -0.2) is 4.98 Å². The molecule has 2 rings (SSSR count). The van der Waals surface area contributed by atoms with Crippen LogP contribution in [0.5, 0.6) is 0 Å². The highest BCUT2D eigenvalue weighted by Crippen LogP contribution is 2.26. The molecule has 0 saturated carbocycles. The van der Waals surface area contributed by atoms with Crippen molar-refractivity contribution in [3.8, 4) is 0 Å². The van der Waals surface area contributed by atoms with Gasteiger partial charge >= 0.3 is 0 Å². The lowest BCUT2D eigenvalue weighted by atomic mass is 10.1. The number of fused-ring (bicyclic) bond motifs is 1. The van der Waals surface area contributed by atoms with Crippen molar-refractivity contribution in [3.05, 3.63) is 29.1 Å². The molecule has 1 unspecified atom stereocenters. The van der Waals surface area contributed by atoms with Crippen LogP contribution in [0.15, 0.2) is 12.1 Å². The van der Waals surface area contributed by atoms with E-state index >= 15 is 0 Å². The number of aromatic nitrogens is 2. The van der Waals surface area contributed by atoms with Crippen molar-refractivity contribution in [2.75, 3.05) is 5.73 Å². The summed E-state index contributed by atoms with van der Waals surface area (Å²) < 4.78 is 2.04. The molecule has 0 aromatic carbocycles. The number of pyridine rings is 1. The Labute approximate surface area is 96.3 Å². The Balaban J connectivity index is 2.73. The second-order valence-corrected chi connectivity index (χ2v) is 4.56. The molecule has 86 valence electrons. The molecule has 0 aliphatic carbocycles. The predicted octanol–water partition coefficient (Wildman–Crippen LogP) is 3.05. The number of nitrogen functional groups attached to an aromatic ring is 1. The highest BCUT2D eigenvalue weighted by atomic mass is 15.1. The van der Waals surface area contributed by atoms with Crippen LogP contribution < -0.4 is 5.73 Å². The molecule has 2 N–H and O–H groups in total. The Kier molecular flexibility index (Phi) is 2.62. The molecular formula is C13H19N3. The average molecular weight is 217 g/mol. The number of aryl methyl sites for hydroxylation is 2. The normalized spacial score (nSPS) is 13.2. The molecule has 0 aliphatic rings. The van der Waals surface area contributed by atoms with Gasteiger partial charge in [0.2, 0.25) is 0 Å². The lowest BCUT2D eigenvalue weighted by molar-refractivity contribution is 0.716. The van der Waals surface area contributed by atoms with Gasteiger partial charge in [0.25, 0.3) is 0 Å². The summed E-state index contributed by atoms with van der Waals surface area (Å²) in [5.41, 5.74) is 10.5. The monoisotopic (exact) mass is 217 g/mol. The Morgan fingerprint density at radius 3 is 2.69 bits per heavy atom. The van der Waals surface area contributed by atoms with Crippen LogP contribution in [-0.4, -0.2) is 9.38 Å². The molecule has 0 amide bonds. The number of anilines is 1. The largest absolute Gasteiger partial charge is 0.383 e. The first-order chi connectivity index (χ1) is 7.54. The van der Waals surface area contributed by atoms with Crippen LogP contribution >= 0.6 is 0 Å². The quantitative estimate of drug-likeness (QED) is 0.840. The molecule has 0 saturated heterocycles. The van der Waals surface area contributed by atoms with E-state index in [-0.39, 0.29) is 0 Å². The summed E-state index contributed by atoms with van der Waals surface area (Å²) in [5, 5.41) is 0. The Morgan fingerprint density at radius 1 is 1.38 bits per heavy atom. The van der Waals surface area contributed by atoms with E-state index in [0.29, 0.717) is 5.92 Å². The smallest absolute Gasteiger partial charge is 0.139 e. The van der Waals surface area contributed by atoms with E-state index in [1.165, 1.54) is 5.56 Å². The summed E-state index contributed by atoms with van der Waals surface area (Å²) in [6.07, 6.45) is 1.06. The van der Waals surface area contributed by atoms with E-state index in [0.717, 1.165) is 29.3 Å². The minimum Gasteiger partial charge on any atom is -0.383 e. The van der Waals surface area contributed by atoms with Crippen molar-refractivity contribution in [3.63, 3.8) is 0 Å². The molecule has 0 fully saturated rings. The van der Waals surface area contributed by atoms with Crippen molar-refractivity contribution in [2.24, 2.45) is 0 Å². The highest BCUT2D eigenvalue weighted by Gasteiger charge is 2.15. The van der Waals surface area contributed by atoms with E-state index in [9.17, 15) is 0 Å². The molecule has 0 aliphatic heterocycles. The fraction of sp³-hybridized carbons (Fsp3) is 0.462. The van der Waals surface area contributed by atoms with Crippen LogP contribution in [0.1, 0.15) is 43.1 Å². The molecule has 16 heavy (non-hydrogen) atoms. The summed E-state index contributed by atoms with van der Waals surface area (Å²) in [5.74, 6) is 1.21. The molecule has 2 aromatic heterocycles. The van der Waals surface area contributed by atoms with Crippen molar-refractivity contribution in [1.29, 1.82) is 0 Å². The summed E-state index contributed by atoms with van der Waals surface area (Å²) in [4.78, 5) is 4.64. The van der Waals surface area contributed by atoms with Gasteiger partial charge in [0.05, 0.1) is 5.69 Å². The standard InChI is InChI=1S/C13H19N3/c1-5-9(3)12-13(14)16-10(4)6-8(2)7-11(16)15-12/h6-7,9H,5,14H2,1-4H3. The maximum absolute atomic E-state index is 6.17. The number of imidazole rings is 1. The van der Waals surface area contributed by atoms with Crippen molar-refractivity contribution < 1.29 is 0 Å². The van der Waals surface area contributed by atoms with Gasteiger partial charge in [0.15, 0.2) is 0 Å². The molecule has 0 spiro atoms. The first-order valence-electron chi connectivity index (χ1n) is 5.79. The van der Waals surface area contributed by atoms with E-state index < -0.39 is 0 Å². The third kappa shape index (κ3) is 1.56. The second-order valence-electron chi connectivity index (χ2n) is 4.56. The van der Waals surface area contributed by atoms with E-state index in [1.54, 1.807) is 0 Å². The van der Waals surface area contributed by atoms with Crippen LogP contribution in [0.25, 0.3) is 5.65 Å². The maximum Gasteiger partial charge on any atom is 0.139 e. The number of hydrogen-bond donors (Lipinski definition) is 1. The molecule has 1 atom stereocenters. The lowest BCUT2D eigenvalue weighted by Gasteiger charge is -2.06. The van der Waals surface area contributed by atoms with Gasteiger partial charge in [-0.3, -0.25) is 4.40 Å². The van der Waals surface area contributed by atoms with Crippen LogP contribution in [0.2, 0.25) is 0 Å². The first kappa shape index (κ1) is 11.0. The van der Waals surface area contributed by atoms with Gasteiger partial charge in [-0.05, 0) is 38.0 Å². The number of nitrogens with two attached hydrogens (primary N) is 1. The maximum atomic E-state index is 6.17. The van der Waals surface area contributed by atoms with E-state index in [2.05, 4.69) is 44.8 Å². The molecule has 0 radical (unpaired) electrons. The third-order valence-electron chi connectivity index (χ3n) is 3.19. The topological polar surface area (TPSA) is 43.3 Å². The number of hydrogen-bond acceptors (Lipinski definition) is 2. The lowest BCUT2D eigenvalue weighted by Crippen LogP contribution is -2.01. The zero-order valence-corrected chi connectivity index (χ0v) is 10.4. The summed E-state index contributed by atoms with van der Waals surface area (Å²) >= 11 is 0. The minimum absolute atomic E-state index is 0.416. The van der Waals surface area contributed by atoms with Gasteiger partial charge in [-0.15, -0.1) is 0 Å². The summed E-state index contributed by atoms with van der Waals surface area (Å²) in [6, 6.07) is 4.21. The fourth-order valence-corrected chi connectivity index (χ4v) is 2.13. The molecule has 0 bridgehead atoms. The van der Waals surface area contributed by atoms with E-state index in [4.69, 9.17) is 5.73 Å². The van der Waals surface area contributed by atoms with Gasteiger partial charge in [-0.1, -0.05) is 13.8 Å². The Morgan fingerprint density at radius 2 is 2.06 bits per heavy atom. The summed E-state index contributed by atoms with van der Waals surface area (Å²) in [6.45, 7) is 8.48. The third-order valence-corrected chi connectivity index (χ3v) is 3.19. The second kappa shape index (κ2) is 3.81. The van der Waals surface area contributed by atoms with Gasteiger partial charge in [-0.2, -0.15) is 0 Å². The SMILES string of the molecule is CCC(C)c1nc2cc(C)cc(C)n2c1N. The fourth-order valence-electron chi connectivity index (χ4n) is 2.13. The Bertz CT molecular complexity index is 525. The van der Waals surface area contributed by atoms with Crippen molar-refractivity contribution in [2.45, 2.75) is 40.0 Å². The number of rotatable bonds is 2. The van der Waals surface area contributed by atoms with Gasteiger partial charge < -0.3 is 5.73 Å². The molecule has 2 heterocycles.